The van der Waals surface area contributed by atoms with E-state index in [-0.39, 0.29) is 6.23 Å². The Morgan fingerprint density at radius 1 is 1.14 bits per heavy atom. The number of rotatable bonds is 3. The van der Waals surface area contributed by atoms with Crippen molar-refractivity contribution < 1.29 is 4.84 Å². The first kappa shape index (κ1) is 13.6. The molecular formula is C17H19N3O. The molecule has 2 aromatic rings. The molecule has 0 amide bonds. The van der Waals surface area contributed by atoms with Crippen molar-refractivity contribution in [3.63, 3.8) is 0 Å². The van der Waals surface area contributed by atoms with Gasteiger partial charge >= 0.3 is 0 Å². The van der Waals surface area contributed by atoms with Crippen LogP contribution < -0.4 is 10.8 Å². The molecule has 0 radical (unpaired) electrons. The van der Waals surface area contributed by atoms with Crippen LogP contribution in [0.1, 0.15) is 23.6 Å². The number of nitrogens with zero attached hydrogens (tertiary/aromatic N) is 1. The van der Waals surface area contributed by atoms with E-state index in [0.717, 1.165) is 28.3 Å². The van der Waals surface area contributed by atoms with E-state index < -0.39 is 0 Å². The van der Waals surface area contributed by atoms with Crippen molar-refractivity contribution in [2.24, 2.45) is 4.99 Å². The fourth-order valence-corrected chi connectivity index (χ4v) is 2.34. The van der Waals surface area contributed by atoms with Crippen molar-refractivity contribution in [3.05, 3.63) is 59.2 Å². The largest absolute Gasteiger partial charge is 0.355 e. The van der Waals surface area contributed by atoms with E-state index in [1.807, 2.05) is 13.0 Å². The Morgan fingerprint density at radius 2 is 2.00 bits per heavy atom. The molecule has 0 bridgehead atoms. The maximum absolute atomic E-state index is 5.23. The summed E-state index contributed by atoms with van der Waals surface area (Å²) < 4.78 is 0. The van der Waals surface area contributed by atoms with Gasteiger partial charge in [-0.25, -0.2) is 15.3 Å². The highest BCUT2D eigenvalue weighted by Crippen LogP contribution is 2.23. The van der Waals surface area contributed by atoms with E-state index in [4.69, 9.17) is 4.84 Å². The predicted octanol–water partition coefficient (Wildman–Crippen LogP) is 3.67. The van der Waals surface area contributed by atoms with E-state index in [9.17, 15) is 0 Å². The summed E-state index contributed by atoms with van der Waals surface area (Å²) in [7, 11) is 0. The minimum atomic E-state index is -0.134. The molecule has 0 aliphatic carbocycles. The van der Waals surface area contributed by atoms with Gasteiger partial charge in [0.05, 0.1) is 0 Å². The molecular weight excluding hydrogens is 262 g/mol. The number of hydrogen-bond acceptors (Lipinski definition) is 4. The number of benzene rings is 2. The second-order valence-corrected chi connectivity index (χ2v) is 5.32. The lowest BCUT2D eigenvalue weighted by molar-refractivity contribution is 0.0504. The van der Waals surface area contributed by atoms with Crippen LogP contribution in [-0.2, 0) is 4.84 Å². The SMILES string of the molecule is Cc1cccc(Nc2ccc(C3=NC(C)ON3)cc2C)c1. The standard InChI is InChI=1S/C17H19N3O/c1-11-5-4-6-15(9-11)19-16-8-7-14(10-12(16)2)17-18-13(3)21-20-17/h4-10,13,19H,1-3H3,(H,18,20). The number of amidine groups is 1. The minimum absolute atomic E-state index is 0.134. The van der Waals surface area contributed by atoms with Gasteiger partial charge in [-0.3, -0.25) is 0 Å². The highest BCUT2D eigenvalue weighted by molar-refractivity contribution is 5.99. The Labute approximate surface area is 124 Å². The topological polar surface area (TPSA) is 45.7 Å². The van der Waals surface area contributed by atoms with E-state index in [1.165, 1.54) is 5.56 Å². The summed E-state index contributed by atoms with van der Waals surface area (Å²) in [6.07, 6.45) is -0.134. The van der Waals surface area contributed by atoms with Crippen LogP contribution in [0.4, 0.5) is 11.4 Å². The molecule has 21 heavy (non-hydrogen) atoms. The van der Waals surface area contributed by atoms with Crippen molar-refractivity contribution in [3.8, 4) is 0 Å². The first-order valence-electron chi connectivity index (χ1n) is 7.06. The Balaban J connectivity index is 1.83. The lowest BCUT2D eigenvalue weighted by Gasteiger charge is -2.11. The molecule has 0 spiro atoms. The molecule has 1 aliphatic heterocycles. The van der Waals surface area contributed by atoms with E-state index in [0.29, 0.717) is 0 Å². The lowest BCUT2D eigenvalue weighted by Crippen LogP contribution is -2.18. The summed E-state index contributed by atoms with van der Waals surface area (Å²) in [4.78, 5) is 9.62. The molecule has 0 saturated carbocycles. The van der Waals surface area contributed by atoms with Crippen LogP contribution in [0.5, 0.6) is 0 Å². The third-order valence-electron chi connectivity index (χ3n) is 3.43. The fraction of sp³-hybridized carbons (Fsp3) is 0.235. The van der Waals surface area contributed by atoms with Crippen molar-refractivity contribution in [1.82, 2.24) is 5.48 Å². The molecule has 1 atom stereocenters. The van der Waals surface area contributed by atoms with Crippen LogP contribution in [0.3, 0.4) is 0 Å². The summed E-state index contributed by atoms with van der Waals surface area (Å²) in [5.41, 5.74) is 8.49. The molecule has 1 heterocycles. The van der Waals surface area contributed by atoms with Gasteiger partial charge in [-0.2, -0.15) is 0 Å². The normalized spacial score (nSPS) is 17.3. The van der Waals surface area contributed by atoms with Gasteiger partial charge < -0.3 is 5.32 Å². The van der Waals surface area contributed by atoms with E-state index in [2.05, 4.69) is 66.0 Å². The van der Waals surface area contributed by atoms with Crippen molar-refractivity contribution in [1.29, 1.82) is 0 Å². The van der Waals surface area contributed by atoms with Crippen molar-refractivity contribution in [2.75, 3.05) is 5.32 Å². The molecule has 1 aliphatic rings. The number of nitrogens with one attached hydrogen (secondary N) is 2. The van der Waals surface area contributed by atoms with Crippen LogP contribution in [0.15, 0.2) is 47.5 Å². The highest BCUT2D eigenvalue weighted by Gasteiger charge is 2.15. The smallest absolute Gasteiger partial charge is 0.174 e. The zero-order valence-corrected chi connectivity index (χ0v) is 12.5. The molecule has 0 saturated heterocycles. The van der Waals surface area contributed by atoms with Gasteiger partial charge in [-0.15, -0.1) is 0 Å². The molecule has 3 rings (SSSR count). The molecule has 4 nitrogen and oxygen atoms in total. The average molecular weight is 281 g/mol. The van der Waals surface area contributed by atoms with Gasteiger partial charge in [0.1, 0.15) is 0 Å². The highest BCUT2D eigenvalue weighted by atomic mass is 16.7. The molecule has 108 valence electrons. The molecule has 1 unspecified atom stereocenters. The third-order valence-corrected chi connectivity index (χ3v) is 3.43. The Hall–Kier alpha value is -2.33. The fourth-order valence-electron chi connectivity index (χ4n) is 2.34. The first-order chi connectivity index (χ1) is 10.1. The zero-order chi connectivity index (χ0) is 14.8. The maximum atomic E-state index is 5.23. The number of aryl methyl sites for hydroxylation is 2. The monoisotopic (exact) mass is 281 g/mol. The van der Waals surface area contributed by atoms with Crippen LogP contribution in [0.25, 0.3) is 0 Å². The molecule has 2 N–H and O–H groups in total. The van der Waals surface area contributed by atoms with Crippen molar-refractivity contribution in [2.45, 2.75) is 27.0 Å². The Morgan fingerprint density at radius 3 is 2.67 bits per heavy atom. The second-order valence-electron chi connectivity index (χ2n) is 5.32. The van der Waals surface area contributed by atoms with Crippen LogP contribution in [0, 0.1) is 13.8 Å². The molecule has 0 aromatic heterocycles. The summed E-state index contributed by atoms with van der Waals surface area (Å²) >= 11 is 0. The summed E-state index contributed by atoms with van der Waals surface area (Å²) in [5, 5.41) is 3.45. The maximum Gasteiger partial charge on any atom is 0.174 e. The number of aliphatic imine (C=N–C) groups is 1. The summed E-state index contributed by atoms with van der Waals surface area (Å²) in [5.74, 6) is 0.785. The van der Waals surface area contributed by atoms with E-state index >= 15 is 0 Å². The van der Waals surface area contributed by atoms with Gasteiger partial charge in [-0.05, 0) is 62.2 Å². The summed E-state index contributed by atoms with van der Waals surface area (Å²) in [6.45, 7) is 6.08. The summed E-state index contributed by atoms with van der Waals surface area (Å²) in [6, 6.07) is 14.6. The Kier molecular flexibility index (Phi) is 3.62. The van der Waals surface area contributed by atoms with Crippen LogP contribution in [0.2, 0.25) is 0 Å². The third kappa shape index (κ3) is 3.06. The number of hydrogen-bond donors (Lipinski definition) is 2. The van der Waals surface area contributed by atoms with Gasteiger partial charge in [0.15, 0.2) is 12.1 Å². The molecule has 2 aromatic carbocycles. The average Bonchev–Trinajstić information content (AvgIpc) is 2.88. The number of hydroxylamine groups is 1. The van der Waals surface area contributed by atoms with Crippen molar-refractivity contribution >= 4 is 17.2 Å². The van der Waals surface area contributed by atoms with Gasteiger partial charge in [-0.1, -0.05) is 12.1 Å². The predicted molar refractivity (Wildman–Crippen MR) is 85.9 cm³/mol. The van der Waals surface area contributed by atoms with Gasteiger partial charge in [0.25, 0.3) is 0 Å². The lowest BCUT2D eigenvalue weighted by atomic mass is 10.1. The molecule has 0 fully saturated rings. The molecule has 4 heteroatoms. The van der Waals surface area contributed by atoms with Crippen LogP contribution >= 0.6 is 0 Å². The van der Waals surface area contributed by atoms with Gasteiger partial charge in [0, 0.05) is 16.9 Å². The first-order valence-corrected chi connectivity index (χ1v) is 7.06. The van der Waals surface area contributed by atoms with Crippen LogP contribution in [-0.4, -0.2) is 12.1 Å². The quantitative estimate of drug-likeness (QED) is 0.902. The minimum Gasteiger partial charge on any atom is -0.355 e. The number of anilines is 2. The second kappa shape index (κ2) is 5.58. The zero-order valence-electron chi connectivity index (χ0n) is 12.5. The van der Waals surface area contributed by atoms with E-state index in [1.54, 1.807) is 0 Å². The Bertz CT molecular complexity index is 694. The van der Waals surface area contributed by atoms with Gasteiger partial charge in [0.2, 0.25) is 0 Å².